The maximum Gasteiger partial charge on any atom is 0.261 e. The molecule has 1 aromatic carbocycles. The predicted octanol–water partition coefficient (Wildman–Crippen LogP) is 1.49. The summed E-state index contributed by atoms with van der Waals surface area (Å²) < 4.78 is 0. The Morgan fingerprint density at radius 1 is 1.12 bits per heavy atom. The zero-order valence-corrected chi connectivity index (χ0v) is 12.7. The molecule has 0 aliphatic carbocycles. The molecule has 0 fully saturated rings. The molecule has 2 amide bonds. The van der Waals surface area contributed by atoms with Crippen LogP contribution in [0.25, 0.3) is 11.0 Å². The molecule has 1 aliphatic heterocycles. The Hall–Kier alpha value is -3.13. The Labute approximate surface area is 139 Å². The van der Waals surface area contributed by atoms with Gasteiger partial charge in [0.25, 0.3) is 11.8 Å². The number of hydrogen-bond donors (Lipinski definition) is 1. The largest absolute Gasteiger partial charge is 0.290 e. The van der Waals surface area contributed by atoms with E-state index in [1.165, 1.54) is 6.33 Å². The van der Waals surface area contributed by atoms with Crippen LogP contribution in [0.1, 0.15) is 31.2 Å². The second-order valence-electron chi connectivity index (χ2n) is 5.13. The molecule has 1 aliphatic rings. The van der Waals surface area contributed by atoms with Crippen LogP contribution in [0.5, 0.6) is 0 Å². The van der Waals surface area contributed by atoms with E-state index in [4.69, 9.17) is 11.6 Å². The van der Waals surface area contributed by atoms with Gasteiger partial charge in [0, 0.05) is 0 Å². The van der Waals surface area contributed by atoms with Crippen molar-refractivity contribution >= 4 is 40.2 Å². The molecule has 0 spiro atoms. The summed E-state index contributed by atoms with van der Waals surface area (Å²) >= 11 is 5.98. The van der Waals surface area contributed by atoms with Crippen molar-refractivity contribution in [2.24, 2.45) is 0 Å². The number of aromatic nitrogens is 4. The van der Waals surface area contributed by atoms with Crippen LogP contribution in [0.2, 0.25) is 5.15 Å². The van der Waals surface area contributed by atoms with E-state index < -0.39 is 24.1 Å². The number of imide groups is 1. The average molecular weight is 342 g/mol. The minimum Gasteiger partial charge on any atom is -0.290 e. The van der Waals surface area contributed by atoms with Gasteiger partial charge in [-0.2, -0.15) is 5.10 Å². The topological polar surface area (TPSA) is 109 Å². The van der Waals surface area contributed by atoms with Crippen LogP contribution < -0.4 is 0 Å². The number of amides is 2. The van der Waals surface area contributed by atoms with Crippen LogP contribution in [0.4, 0.5) is 0 Å². The van der Waals surface area contributed by atoms with Crippen LogP contribution in [0.15, 0.2) is 30.6 Å². The molecular formula is C15H8ClN5O3. The summed E-state index contributed by atoms with van der Waals surface area (Å²) in [5.41, 5.74) is 0.866. The van der Waals surface area contributed by atoms with Crippen molar-refractivity contribution in [3.05, 3.63) is 52.6 Å². The number of fused-ring (bicyclic) bond motifs is 2. The summed E-state index contributed by atoms with van der Waals surface area (Å²) in [6.07, 6.45) is 1.23. The van der Waals surface area contributed by atoms with Gasteiger partial charge in [-0.25, -0.2) is 9.97 Å². The Kier molecular flexibility index (Phi) is 3.14. The SMILES string of the molecule is O=C(CN1C(=O)c2ccccc2C1=O)c1[nH]nc2ncnc(Cl)c12. The van der Waals surface area contributed by atoms with Gasteiger partial charge in [-0.05, 0) is 12.1 Å². The number of H-pyrrole nitrogens is 1. The Balaban J connectivity index is 1.68. The Morgan fingerprint density at radius 3 is 2.46 bits per heavy atom. The quantitative estimate of drug-likeness (QED) is 0.439. The molecule has 1 N–H and O–H groups in total. The molecule has 0 radical (unpaired) electrons. The fourth-order valence-electron chi connectivity index (χ4n) is 2.63. The van der Waals surface area contributed by atoms with Crippen molar-refractivity contribution < 1.29 is 14.4 Å². The van der Waals surface area contributed by atoms with E-state index in [0.29, 0.717) is 0 Å². The first-order chi connectivity index (χ1) is 11.6. The first-order valence-electron chi connectivity index (χ1n) is 6.91. The second-order valence-corrected chi connectivity index (χ2v) is 5.48. The molecular weight excluding hydrogens is 334 g/mol. The lowest BCUT2D eigenvalue weighted by Crippen LogP contribution is -2.35. The lowest BCUT2D eigenvalue weighted by molar-refractivity contribution is 0.0623. The Bertz CT molecular complexity index is 994. The van der Waals surface area contributed by atoms with Gasteiger partial charge < -0.3 is 0 Å². The minimum atomic E-state index is -0.510. The number of Topliss-reactive ketones (excluding diaryl/α,β-unsaturated/α-hetero) is 1. The molecule has 0 unspecified atom stereocenters. The molecule has 0 atom stereocenters. The van der Waals surface area contributed by atoms with Crippen molar-refractivity contribution in [3.8, 4) is 0 Å². The van der Waals surface area contributed by atoms with Crippen molar-refractivity contribution in [1.82, 2.24) is 25.1 Å². The van der Waals surface area contributed by atoms with Gasteiger partial charge in [-0.1, -0.05) is 23.7 Å². The number of hydrogen-bond acceptors (Lipinski definition) is 6. The van der Waals surface area contributed by atoms with E-state index >= 15 is 0 Å². The molecule has 0 saturated heterocycles. The molecule has 118 valence electrons. The summed E-state index contributed by atoms with van der Waals surface area (Å²) in [5, 5.41) is 6.76. The van der Waals surface area contributed by atoms with Gasteiger partial charge >= 0.3 is 0 Å². The first kappa shape index (κ1) is 14.5. The zero-order chi connectivity index (χ0) is 16.8. The van der Waals surface area contributed by atoms with Gasteiger partial charge in [0.15, 0.2) is 5.65 Å². The summed E-state index contributed by atoms with van der Waals surface area (Å²) in [5.74, 6) is -1.52. The average Bonchev–Trinajstić information content (AvgIpc) is 3.12. The lowest BCUT2D eigenvalue weighted by atomic mass is 10.1. The predicted molar refractivity (Wildman–Crippen MR) is 82.8 cm³/mol. The van der Waals surface area contributed by atoms with Crippen molar-refractivity contribution in [2.45, 2.75) is 0 Å². The van der Waals surface area contributed by atoms with Crippen molar-refractivity contribution in [3.63, 3.8) is 0 Å². The molecule has 3 aromatic rings. The smallest absolute Gasteiger partial charge is 0.261 e. The standard InChI is InChI=1S/C15H8ClN5O3/c16-12-10-11(19-20-13(10)18-6-17-12)9(22)5-21-14(23)7-3-1-2-4-8(7)15(21)24/h1-4,6H,5H2,(H,17,18,19,20). The molecule has 9 heteroatoms. The van der Waals surface area contributed by atoms with Crippen LogP contribution in [0.3, 0.4) is 0 Å². The third-order valence-corrected chi connectivity index (χ3v) is 4.05. The highest BCUT2D eigenvalue weighted by Crippen LogP contribution is 2.25. The number of carbonyl (C=O) groups is 3. The van der Waals surface area contributed by atoms with E-state index in [0.717, 1.165) is 4.90 Å². The van der Waals surface area contributed by atoms with E-state index in [-0.39, 0.29) is 33.0 Å². The van der Waals surface area contributed by atoms with E-state index in [1.807, 2.05) is 0 Å². The number of aromatic amines is 1. The van der Waals surface area contributed by atoms with Gasteiger partial charge in [0.2, 0.25) is 5.78 Å². The van der Waals surface area contributed by atoms with Crippen LogP contribution in [-0.4, -0.2) is 49.2 Å². The molecule has 3 heterocycles. The molecule has 0 bridgehead atoms. The molecule has 2 aromatic heterocycles. The fourth-order valence-corrected chi connectivity index (χ4v) is 2.85. The molecule has 0 saturated carbocycles. The highest BCUT2D eigenvalue weighted by Gasteiger charge is 2.37. The fraction of sp³-hybridized carbons (Fsp3) is 0.0667. The number of carbonyl (C=O) groups excluding carboxylic acids is 3. The molecule has 4 rings (SSSR count). The summed E-state index contributed by atoms with van der Waals surface area (Å²) in [6.45, 7) is -0.422. The number of rotatable bonds is 3. The number of halogens is 1. The van der Waals surface area contributed by atoms with Gasteiger partial charge in [0.1, 0.15) is 17.2 Å². The Morgan fingerprint density at radius 2 is 1.79 bits per heavy atom. The number of nitrogens with one attached hydrogen (secondary N) is 1. The lowest BCUT2D eigenvalue weighted by Gasteiger charge is -2.12. The van der Waals surface area contributed by atoms with Crippen LogP contribution >= 0.6 is 11.6 Å². The van der Waals surface area contributed by atoms with E-state index in [1.54, 1.807) is 24.3 Å². The molecule has 8 nitrogen and oxygen atoms in total. The minimum absolute atomic E-state index is 0.0622. The van der Waals surface area contributed by atoms with Crippen molar-refractivity contribution in [2.75, 3.05) is 6.54 Å². The van der Waals surface area contributed by atoms with E-state index in [9.17, 15) is 14.4 Å². The normalized spacial score (nSPS) is 13.6. The van der Waals surface area contributed by atoms with Crippen molar-refractivity contribution in [1.29, 1.82) is 0 Å². The first-order valence-corrected chi connectivity index (χ1v) is 7.28. The van der Waals surface area contributed by atoms with E-state index in [2.05, 4.69) is 20.2 Å². The van der Waals surface area contributed by atoms with Crippen LogP contribution in [-0.2, 0) is 0 Å². The highest BCUT2D eigenvalue weighted by molar-refractivity contribution is 6.35. The van der Waals surface area contributed by atoms with Gasteiger partial charge in [0.05, 0.1) is 23.1 Å². The number of ketones is 1. The van der Waals surface area contributed by atoms with Gasteiger partial charge in [-0.3, -0.25) is 24.4 Å². The summed E-state index contributed by atoms with van der Waals surface area (Å²) in [4.78, 5) is 45.8. The second kappa shape index (κ2) is 5.20. The number of nitrogens with zero attached hydrogens (tertiary/aromatic N) is 4. The summed E-state index contributed by atoms with van der Waals surface area (Å²) in [7, 11) is 0. The maximum atomic E-state index is 12.5. The third kappa shape index (κ3) is 2.00. The third-order valence-electron chi connectivity index (χ3n) is 3.76. The molecule has 24 heavy (non-hydrogen) atoms. The zero-order valence-electron chi connectivity index (χ0n) is 12.0. The van der Waals surface area contributed by atoms with Gasteiger partial charge in [-0.15, -0.1) is 0 Å². The monoisotopic (exact) mass is 341 g/mol. The summed E-state index contributed by atoms with van der Waals surface area (Å²) in [6, 6.07) is 6.43. The van der Waals surface area contributed by atoms with Crippen LogP contribution in [0, 0.1) is 0 Å². The highest BCUT2D eigenvalue weighted by atomic mass is 35.5. The maximum absolute atomic E-state index is 12.5. The number of benzene rings is 1.